The van der Waals surface area contributed by atoms with E-state index in [1.807, 2.05) is 17.0 Å². The fourth-order valence-corrected chi connectivity index (χ4v) is 4.84. The van der Waals surface area contributed by atoms with Crippen LogP contribution in [0.25, 0.3) is 0 Å². The molecule has 164 valence electrons. The number of anilines is 2. The number of amides is 1. The number of fused-ring (bicyclic) bond motifs is 1. The lowest BCUT2D eigenvalue weighted by molar-refractivity contribution is -0.137. The van der Waals surface area contributed by atoms with Crippen molar-refractivity contribution in [2.45, 2.75) is 25.8 Å². The van der Waals surface area contributed by atoms with Gasteiger partial charge in [-0.15, -0.1) is 0 Å². The highest BCUT2D eigenvalue weighted by atomic mass is 19.1. The minimum atomic E-state index is -0.154. The maximum absolute atomic E-state index is 14.0. The fraction of sp³-hybridized carbons (Fsp3) is 0.522. The minimum Gasteiger partial charge on any atom is -0.378 e. The number of aromatic nitrogens is 2. The van der Waals surface area contributed by atoms with Crippen molar-refractivity contribution >= 4 is 17.5 Å². The number of rotatable bonds is 3. The van der Waals surface area contributed by atoms with E-state index in [0.29, 0.717) is 19.5 Å². The van der Waals surface area contributed by atoms with Crippen molar-refractivity contribution in [3.8, 4) is 0 Å². The lowest BCUT2D eigenvalue weighted by Gasteiger charge is -2.36. The van der Waals surface area contributed by atoms with Crippen LogP contribution < -0.4 is 9.80 Å². The number of carbonyl (C=O) groups excluding carboxylic acids is 1. The second-order valence-corrected chi connectivity index (χ2v) is 8.48. The molecule has 2 saturated heterocycles. The summed E-state index contributed by atoms with van der Waals surface area (Å²) in [5.74, 6) is 1.92. The maximum atomic E-state index is 14.0. The number of hydrogen-bond acceptors (Lipinski definition) is 6. The van der Waals surface area contributed by atoms with E-state index in [4.69, 9.17) is 4.74 Å². The average Bonchev–Trinajstić information content (AvgIpc) is 2.84. The molecule has 1 amide bonds. The summed E-state index contributed by atoms with van der Waals surface area (Å²) in [4.78, 5) is 28.4. The summed E-state index contributed by atoms with van der Waals surface area (Å²) in [6.07, 6.45) is 3.84. The van der Waals surface area contributed by atoms with Gasteiger partial charge < -0.3 is 19.4 Å². The van der Waals surface area contributed by atoms with Crippen LogP contribution in [0.2, 0.25) is 0 Å². The lowest BCUT2D eigenvalue weighted by Crippen LogP contribution is -2.44. The molecule has 1 aromatic carbocycles. The van der Waals surface area contributed by atoms with E-state index in [2.05, 4.69) is 19.8 Å². The number of piperidine rings is 1. The van der Waals surface area contributed by atoms with Gasteiger partial charge in [-0.05, 0) is 36.5 Å². The fourth-order valence-electron chi connectivity index (χ4n) is 4.84. The van der Waals surface area contributed by atoms with Gasteiger partial charge in [0.15, 0.2) is 0 Å². The smallest absolute Gasteiger partial charge is 0.226 e. The zero-order valence-corrected chi connectivity index (χ0v) is 17.7. The molecule has 1 aromatic heterocycles. The Morgan fingerprint density at radius 2 is 1.71 bits per heavy atom. The molecule has 3 aliphatic heterocycles. The summed E-state index contributed by atoms with van der Waals surface area (Å²) in [5.41, 5.74) is 1.70. The van der Waals surface area contributed by atoms with E-state index in [1.54, 1.807) is 12.4 Å². The molecular weight excluding hydrogens is 397 g/mol. The van der Waals surface area contributed by atoms with E-state index < -0.39 is 0 Å². The predicted molar refractivity (Wildman–Crippen MR) is 116 cm³/mol. The van der Waals surface area contributed by atoms with Gasteiger partial charge in [0.1, 0.15) is 23.8 Å². The van der Waals surface area contributed by atoms with Crippen molar-refractivity contribution in [1.29, 1.82) is 0 Å². The summed E-state index contributed by atoms with van der Waals surface area (Å²) >= 11 is 0. The van der Waals surface area contributed by atoms with Crippen molar-refractivity contribution in [1.82, 2.24) is 14.9 Å². The van der Waals surface area contributed by atoms with E-state index in [9.17, 15) is 9.18 Å². The zero-order chi connectivity index (χ0) is 21.2. The predicted octanol–water partition coefficient (Wildman–Crippen LogP) is 2.25. The van der Waals surface area contributed by atoms with Crippen LogP contribution in [-0.4, -0.2) is 66.7 Å². The third-order valence-electron chi connectivity index (χ3n) is 6.66. The first-order valence-electron chi connectivity index (χ1n) is 11.1. The standard InChI is InChI=1S/C23H28FN5O2/c24-20-3-1-2-18-15-29(9-6-19(18)20)23(30)17-4-7-27(8-5-17)21-14-22(26-16-25-21)28-10-12-31-13-11-28/h1-3,14,16-17H,4-13,15H2. The van der Waals surface area contributed by atoms with Crippen molar-refractivity contribution in [2.24, 2.45) is 5.92 Å². The number of morpholine rings is 1. The molecule has 4 heterocycles. The second-order valence-electron chi connectivity index (χ2n) is 8.48. The Balaban J connectivity index is 1.19. The molecule has 0 spiro atoms. The molecule has 0 radical (unpaired) electrons. The number of halogens is 1. The summed E-state index contributed by atoms with van der Waals surface area (Å²) in [7, 11) is 0. The van der Waals surface area contributed by atoms with Gasteiger partial charge >= 0.3 is 0 Å². The van der Waals surface area contributed by atoms with Crippen LogP contribution >= 0.6 is 0 Å². The monoisotopic (exact) mass is 425 g/mol. The summed E-state index contributed by atoms with van der Waals surface area (Å²) in [5, 5.41) is 0. The van der Waals surface area contributed by atoms with E-state index in [0.717, 1.165) is 75.0 Å². The molecule has 8 heteroatoms. The maximum Gasteiger partial charge on any atom is 0.226 e. The summed E-state index contributed by atoms with van der Waals surface area (Å²) in [6, 6.07) is 7.21. The molecule has 0 saturated carbocycles. The zero-order valence-electron chi connectivity index (χ0n) is 17.7. The first-order chi connectivity index (χ1) is 15.2. The first-order valence-corrected chi connectivity index (χ1v) is 11.1. The number of nitrogens with zero attached hydrogens (tertiary/aromatic N) is 5. The molecule has 0 atom stereocenters. The summed E-state index contributed by atoms with van der Waals surface area (Å²) in [6.45, 7) is 5.85. The molecule has 0 N–H and O–H groups in total. The largest absolute Gasteiger partial charge is 0.378 e. The Bertz CT molecular complexity index is 941. The normalized spacial score (nSPS) is 20.0. The van der Waals surface area contributed by atoms with Crippen molar-refractivity contribution in [2.75, 3.05) is 55.7 Å². The molecule has 2 aromatic rings. The van der Waals surface area contributed by atoms with Gasteiger partial charge in [-0.1, -0.05) is 12.1 Å². The third kappa shape index (κ3) is 4.21. The summed E-state index contributed by atoms with van der Waals surface area (Å²) < 4.78 is 19.4. The van der Waals surface area contributed by atoms with Gasteiger partial charge in [0, 0.05) is 51.3 Å². The van der Waals surface area contributed by atoms with Gasteiger partial charge in [0.25, 0.3) is 0 Å². The molecular formula is C23H28FN5O2. The van der Waals surface area contributed by atoms with E-state index >= 15 is 0 Å². The SMILES string of the molecule is O=C(C1CCN(c2cc(N3CCOCC3)ncn2)CC1)N1CCc2c(F)cccc2C1. The van der Waals surface area contributed by atoms with E-state index in [1.165, 1.54) is 6.07 Å². The van der Waals surface area contributed by atoms with Crippen molar-refractivity contribution < 1.29 is 13.9 Å². The molecule has 31 heavy (non-hydrogen) atoms. The quantitative estimate of drug-likeness (QED) is 0.752. The molecule has 3 aliphatic rings. The number of carbonyl (C=O) groups is 1. The molecule has 2 fully saturated rings. The van der Waals surface area contributed by atoms with Crippen LogP contribution in [0.4, 0.5) is 16.0 Å². The highest BCUT2D eigenvalue weighted by molar-refractivity contribution is 5.79. The Kier molecular flexibility index (Phi) is 5.72. The van der Waals surface area contributed by atoms with E-state index in [-0.39, 0.29) is 17.6 Å². The third-order valence-corrected chi connectivity index (χ3v) is 6.66. The van der Waals surface area contributed by atoms with Crippen LogP contribution in [0.1, 0.15) is 24.0 Å². The van der Waals surface area contributed by atoms with Gasteiger partial charge in [0.05, 0.1) is 13.2 Å². The van der Waals surface area contributed by atoms with Crippen molar-refractivity contribution in [3.05, 3.63) is 47.5 Å². The second kappa shape index (κ2) is 8.78. The Hall–Kier alpha value is -2.74. The van der Waals surface area contributed by atoms with Crippen LogP contribution in [0, 0.1) is 11.7 Å². The first kappa shape index (κ1) is 20.2. The Morgan fingerprint density at radius 1 is 1.00 bits per heavy atom. The molecule has 7 nitrogen and oxygen atoms in total. The van der Waals surface area contributed by atoms with Gasteiger partial charge in [-0.2, -0.15) is 0 Å². The van der Waals surface area contributed by atoms with Crippen molar-refractivity contribution in [3.63, 3.8) is 0 Å². The molecule has 0 bridgehead atoms. The van der Waals surface area contributed by atoms with Gasteiger partial charge in [0.2, 0.25) is 5.91 Å². The van der Waals surface area contributed by atoms with Gasteiger partial charge in [-0.25, -0.2) is 14.4 Å². The average molecular weight is 426 g/mol. The van der Waals surface area contributed by atoms with Crippen LogP contribution in [-0.2, 0) is 22.5 Å². The highest BCUT2D eigenvalue weighted by Gasteiger charge is 2.31. The number of ether oxygens (including phenoxy) is 1. The number of benzene rings is 1. The van der Waals surface area contributed by atoms with Crippen LogP contribution in [0.3, 0.4) is 0 Å². The molecule has 5 rings (SSSR count). The van der Waals surface area contributed by atoms with Gasteiger partial charge in [-0.3, -0.25) is 4.79 Å². The Morgan fingerprint density at radius 3 is 2.45 bits per heavy atom. The van der Waals surface area contributed by atoms with Crippen LogP contribution in [0.15, 0.2) is 30.6 Å². The highest BCUT2D eigenvalue weighted by Crippen LogP contribution is 2.28. The molecule has 0 aliphatic carbocycles. The minimum absolute atomic E-state index is 0.0203. The number of hydrogen-bond donors (Lipinski definition) is 0. The van der Waals surface area contributed by atoms with Crippen LogP contribution in [0.5, 0.6) is 0 Å². The topological polar surface area (TPSA) is 61.8 Å². The molecule has 0 unspecified atom stereocenters. The lowest BCUT2D eigenvalue weighted by atomic mass is 9.93. The Labute approximate surface area is 181 Å².